The van der Waals surface area contributed by atoms with Gasteiger partial charge >= 0.3 is 0 Å². The van der Waals surface area contributed by atoms with E-state index >= 15 is 0 Å². The van der Waals surface area contributed by atoms with E-state index in [1.807, 2.05) is 24.3 Å². The van der Waals surface area contributed by atoms with Crippen LogP contribution in [0.1, 0.15) is 13.3 Å². The third-order valence-corrected chi connectivity index (χ3v) is 4.85. The van der Waals surface area contributed by atoms with Crippen LogP contribution in [0.3, 0.4) is 0 Å². The van der Waals surface area contributed by atoms with Crippen LogP contribution in [-0.2, 0) is 14.4 Å². The Balaban J connectivity index is 1.71. The quantitative estimate of drug-likeness (QED) is 0.773. The summed E-state index contributed by atoms with van der Waals surface area (Å²) in [5.41, 5.74) is 1.04. The highest BCUT2D eigenvalue weighted by Crippen LogP contribution is 2.32. The third kappa shape index (κ3) is 4.33. The fourth-order valence-corrected chi connectivity index (χ4v) is 3.42. The minimum Gasteiger partial charge on any atom is -0.326 e. The molecule has 1 fully saturated rings. The van der Waals surface area contributed by atoms with Gasteiger partial charge in [-0.25, -0.2) is 4.39 Å². The van der Waals surface area contributed by atoms with Gasteiger partial charge in [0.25, 0.3) is 0 Å². The first-order valence-electron chi connectivity index (χ1n) is 8.28. The Bertz CT molecular complexity index is 919. The standard InChI is InChI=1S/C19H17BrFN3O3/c1-11(25)22-16-9-13(6-7-15(16)21)23-19(27)12-8-18(26)24(10-12)17-5-3-2-4-14(17)20/h2-7,9,12H,8,10H2,1H3,(H,22,25)(H,23,27)/t12-/m1/s1. The van der Waals surface area contributed by atoms with E-state index < -0.39 is 17.6 Å². The van der Waals surface area contributed by atoms with E-state index in [1.165, 1.54) is 19.1 Å². The Hall–Kier alpha value is -2.74. The molecule has 0 radical (unpaired) electrons. The molecule has 2 aromatic carbocycles. The number of nitrogens with one attached hydrogen (secondary N) is 2. The van der Waals surface area contributed by atoms with Gasteiger partial charge in [-0.1, -0.05) is 12.1 Å². The zero-order valence-electron chi connectivity index (χ0n) is 14.5. The Labute approximate surface area is 163 Å². The molecule has 1 aliphatic heterocycles. The zero-order chi connectivity index (χ0) is 19.6. The van der Waals surface area contributed by atoms with E-state index in [-0.39, 0.29) is 30.5 Å². The zero-order valence-corrected chi connectivity index (χ0v) is 16.0. The maximum absolute atomic E-state index is 13.7. The van der Waals surface area contributed by atoms with Crippen LogP contribution < -0.4 is 15.5 Å². The molecule has 0 unspecified atom stereocenters. The van der Waals surface area contributed by atoms with Crippen molar-refractivity contribution in [1.82, 2.24) is 0 Å². The molecule has 0 aromatic heterocycles. The van der Waals surface area contributed by atoms with Gasteiger partial charge in [0, 0.05) is 30.0 Å². The summed E-state index contributed by atoms with van der Waals surface area (Å²) in [7, 11) is 0. The van der Waals surface area contributed by atoms with Gasteiger partial charge in [0.15, 0.2) is 0 Å². The summed E-state index contributed by atoms with van der Waals surface area (Å²) in [6.07, 6.45) is 0.0902. The Morgan fingerprint density at radius 1 is 1.19 bits per heavy atom. The molecule has 3 rings (SSSR count). The summed E-state index contributed by atoms with van der Waals surface area (Å²) in [5.74, 6) is -2.01. The minimum atomic E-state index is -0.598. The van der Waals surface area contributed by atoms with Gasteiger partial charge in [0.1, 0.15) is 5.82 Å². The molecule has 140 valence electrons. The van der Waals surface area contributed by atoms with Crippen LogP contribution in [0.25, 0.3) is 0 Å². The first kappa shape index (κ1) is 19.0. The normalized spacial score (nSPS) is 16.3. The number of halogens is 2. The first-order chi connectivity index (χ1) is 12.8. The topological polar surface area (TPSA) is 78.5 Å². The van der Waals surface area contributed by atoms with Crippen molar-refractivity contribution in [1.29, 1.82) is 0 Å². The molecule has 3 amide bonds. The average Bonchev–Trinajstić information content (AvgIpc) is 2.99. The SMILES string of the molecule is CC(=O)Nc1cc(NC(=O)[C@@H]2CC(=O)N(c3ccccc3Br)C2)ccc1F. The van der Waals surface area contributed by atoms with Crippen molar-refractivity contribution in [2.45, 2.75) is 13.3 Å². The fraction of sp³-hybridized carbons (Fsp3) is 0.211. The van der Waals surface area contributed by atoms with Gasteiger partial charge in [0.2, 0.25) is 17.7 Å². The Kier molecular flexibility index (Phi) is 5.55. The molecule has 2 aromatic rings. The molecule has 1 atom stereocenters. The first-order valence-corrected chi connectivity index (χ1v) is 9.07. The molecule has 0 aliphatic carbocycles. The van der Waals surface area contributed by atoms with E-state index in [0.717, 1.165) is 10.5 Å². The number of para-hydroxylation sites is 1. The summed E-state index contributed by atoms with van der Waals surface area (Å²) in [6.45, 7) is 1.53. The number of hydrogen-bond donors (Lipinski definition) is 2. The maximum atomic E-state index is 13.7. The predicted octanol–water partition coefficient (Wildman–Crippen LogP) is 3.54. The minimum absolute atomic E-state index is 0.0161. The van der Waals surface area contributed by atoms with Crippen molar-refractivity contribution in [3.63, 3.8) is 0 Å². The van der Waals surface area contributed by atoms with Gasteiger partial charge in [0.05, 0.1) is 17.3 Å². The average molecular weight is 434 g/mol. The smallest absolute Gasteiger partial charge is 0.229 e. The van der Waals surface area contributed by atoms with Crippen LogP contribution >= 0.6 is 15.9 Å². The number of rotatable bonds is 4. The maximum Gasteiger partial charge on any atom is 0.229 e. The summed E-state index contributed by atoms with van der Waals surface area (Å²) >= 11 is 3.41. The van der Waals surface area contributed by atoms with Gasteiger partial charge < -0.3 is 15.5 Å². The third-order valence-electron chi connectivity index (χ3n) is 4.18. The van der Waals surface area contributed by atoms with E-state index in [9.17, 15) is 18.8 Å². The van der Waals surface area contributed by atoms with E-state index in [2.05, 4.69) is 26.6 Å². The lowest BCUT2D eigenvalue weighted by molar-refractivity contribution is -0.122. The van der Waals surface area contributed by atoms with Crippen molar-refractivity contribution in [2.75, 3.05) is 22.1 Å². The van der Waals surface area contributed by atoms with Crippen LogP contribution in [0, 0.1) is 11.7 Å². The molecule has 0 spiro atoms. The molecular weight excluding hydrogens is 417 g/mol. The molecular formula is C19H17BrFN3O3. The van der Waals surface area contributed by atoms with Crippen molar-refractivity contribution in [3.8, 4) is 0 Å². The molecule has 27 heavy (non-hydrogen) atoms. The van der Waals surface area contributed by atoms with Crippen LogP contribution in [0.5, 0.6) is 0 Å². The monoisotopic (exact) mass is 433 g/mol. The number of carbonyl (C=O) groups is 3. The fourth-order valence-electron chi connectivity index (χ4n) is 2.92. The van der Waals surface area contributed by atoms with E-state index in [0.29, 0.717) is 11.4 Å². The van der Waals surface area contributed by atoms with Crippen LogP contribution in [0.4, 0.5) is 21.5 Å². The highest BCUT2D eigenvalue weighted by molar-refractivity contribution is 9.10. The molecule has 6 nitrogen and oxygen atoms in total. The van der Waals surface area contributed by atoms with Crippen molar-refractivity contribution in [2.24, 2.45) is 5.92 Å². The van der Waals surface area contributed by atoms with Crippen LogP contribution in [-0.4, -0.2) is 24.3 Å². The lowest BCUT2D eigenvalue weighted by Crippen LogP contribution is -2.28. The van der Waals surface area contributed by atoms with Crippen molar-refractivity contribution < 1.29 is 18.8 Å². The Morgan fingerprint density at radius 3 is 2.63 bits per heavy atom. The molecule has 1 heterocycles. The molecule has 1 saturated heterocycles. The lowest BCUT2D eigenvalue weighted by Gasteiger charge is -2.18. The van der Waals surface area contributed by atoms with Gasteiger partial charge in [-0.2, -0.15) is 0 Å². The lowest BCUT2D eigenvalue weighted by atomic mass is 10.1. The van der Waals surface area contributed by atoms with E-state index in [4.69, 9.17) is 0 Å². The second-order valence-corrected chi connectivity index (χ2v) is 7.08. The molecule has 0 bridgehead atoms. The molecule has 1 aliphatic rings. The highest BCUT2D eigenvalue weighted by atomic mass is 79.9. The Morgan fingerprint density at radius 2 is 1.93 bits per heavy atom. The number of carbonyl (C=O) groups excluding carboxylic acids is 3. The molecule has 8 heteroatoms. The largest absolute Gasteiger partial charge is 0.326 e. The number of benzene rings is 2. The van der Waals surface area contributed by atoms with Crippen LogP contribution in [0.15, 0.2) is 46.9 Å². The van der Waals surface area contributed by atoms with Gasteiger partial charge in [-0.3, -0.25) is 14.4 Å². The highest BCUT2D eigenvalue weighted by Gasteiger charge is 2.35. The number of amides is 3. The summed E-state index contributed by atoms with van der Waals surface area (Å²) in [5, 5.41) is 5.05. The summed E-state index contributed by atoms with van der Waals surface area (Å²) in [6, 6.07) is 11.2. The van der Waals surface area contributed by atoms with E-state index in [1.54, 1.807) is 4.90 Å². The molecule has 2 N–H and O–H groups in total. The second-order valence-electron chi connectivity index (χ2n) is 6.22. The second kappa shape index (κ2) is 7.87. The molecule has 0 saturated carbocycles. The predicted molar refractivity (Wildman–Crippen MR) is 104 cm³/mol. The number of anilines is 3. The van der Waals surface area contributed by atoms with Gasteiger partial charge in [-0.05, 0) is 46.3 Å². The summed E-state index contributed by atoms with van der Waals surface area (Å²) in [4.78, 5) is 37.6. The van der Waals surface area contributed by atoms with Crippen molar-refractivity contribution in [3.05, 3.63) is 52.8 Å². The number of nitrogens with zero attached hydrogens (tertiary/aromatic N) is 1. The number of hydrogen-bond acceptors (Lipinski definition) is 3. The van der Waals surface area contributed by atoms with Crippen LogP contribution in [0.2, 0.25) is 0 Å². The van der Waals surface area contributed by atoms with Crippen molar-refractivity contribution >= 4 is 50.7 Å². The van der Waals surface area contributed by atoms with Gasteiger partial charge in [-0.15, -0.1) is 0 Å². The summed E-state index contributed by atoms with van der Waals surface area (Å²) < 4.78 is 14.5.